The maximum absolute atomic E-state index is 5.36. The van der Waals surface area contributed by atoms with Gasteiger partial charge in [-0.25, -0.2) is 0 Å². The van der Waals surface area contributed by atoms with E-state index >= 15 is 0 Å². The lowest BCUT2D eigenvalue weighted by Gasteiger charge is -2.29. The summed E-state index contributed by atoms with van der Waals surface area (Å²) >= 11 is 0. The predicted molar refractivity (Wildman–Crippen MR) is 102 cm³/mol. The number of halogens is 1. The van der Waals surface area contributed by atoms with E-state index in [4.69, 9.17) is 4.74 Å². The second-order valence-corrected chi connectivity index (χ2v) is 5.24. The van der Waals surface area contributed by atoms with Gasteiger partial charge in [-0.1, -0.05) is 12.1 Å². The summed E-state index contributed by atoms with van der Waals surface area (Å²) in [6, 6.07) is 8.70. The summed E-state index contributed by atoms with van der Waals surface area (Å²) in [5.41, 5.74) is 1.29. The maximum atomic E-state index is 5.36. The third-order valence-corrected chi connectivity index (χ3v) is 3.98. The molecule has 124 valence electrons. The van der Waals surface area contributed by atoms with E-state index in [1.807, 2.05) is 13.1 Å². The van der Waals surface area contributed by atoms with E-state index in [1.165, 1.54) is 18.4 Å². The van der Waals surface area contributed by atoms with Crippen molar-refractivity contribution < 1.29 is 4.74 Å². The molecule has 6 heteroatoms. The van der Waals surface area contributed by atoms with Crippen LogP contribution in [0.4, 0.5) is 0 Å². The van der Waals surface area contributed by atoms with E-state index < -0.39 is 0 Å². The average molecular weight is 418 g/mol. The minimum atomic E-state index is 0. The standard InChI is InChI=1S/C16H26N4O.HI/c1-17-16(18-2)19-12-15(20-9-4-5-10-20)13-7-6-8-14(11-13)21-3;/h6-8,11,15H,4-5,9-10,12H2,1-3H3,(H2,17,18,19);1H. The van der Waals surface area contributed by atoms with Crippen LogP contribution in [0.1, 0.15) is 24.4 Å². The van der Waals surface area contributed by atoms with Crippen molar-refractivity contribution in [2.75, 3.05) is 40.8 Å². The Kier molecular flexibility index (Phi) is 8.55. The number of ether oxygens (including phenoxy) is 1. The summed E-state index contributed by atoms with van der Waals surface area (Å²) in [7, 11) is 5.38. The molecule has 0 amide bonds. The highest BCUT2D eigenvalue weighted by Gasteiger charge is 2.23. The number of nitrogens with one attached hydrogen (secondary N) is 2. The minimum Gasteiger partial charge on any atom is -0.497 e. The summed E-state index contributed by atoms with van der Waals surface area (Å²) in [5, 5.41) is 6.46. The van der Waals surface area contributed by atoms with Crippen LogP contribution < -0.4 is 15.4 Å². The summed E-state index contributed by atoms with van der Waals surface area (Å²) < 4.78 is 5.36. The van der Waals surface area contributed by atoms with Crippen LogP contribution in [0.5, 0.6) is 5.75 Å². The van der Waals surface area contributed by atoms with Crippen molar-refractivity contribution >= 4 is 29.9 Å². The van der Waals surface area contributed by atoms with Gasteiger partial charge in [0.15, 0.2) is 5.96 Å². The van der Waals surface area contributed by atoms with Gasteiger partial charge in [0, 0.05) is 20.6 Å². The van der Waals surface area contributed by atoms with Crippen molar-refractivity contribution in [2.45, 2.75) is 18.9 Å². The Hall–Kier alpha value is -1.02. The minimum absolute atomic E-state index is 0. The van der Waals surface area contributed by atoms with E-state index in [0.717, 1.165) is 31.3 Å². The number of guanidine groups is 1. The average Bonchev–Trinajstić information content (AvgIpc) is 3.06. The zero-order valence-corrected chi connectivity index (χ0v) is 16.0. The van der Waals surface area contributed by atoms with Gasteiger partial charge in [-0.2, -0.15) is 0 Å². The Labute approximate surface area is 150 Å². The molecule has 1 atom stereocenters. The van der Waals surface area contributed by atoms with Crippen LogP contribution in [0.3, 0.4) is 0 Å². The monoisotopic (exact) mass is 418 g/mol. The van der Waals surface area contributed by atoms with E-state index in [0.29, 0.717) is 6.04 Å². The van der Waals surface area contributed by atoms with E-state index in [1.54, 1.807) is 14.2 Å². The van der Waals surface area contributed by atoms with Crippen molar-refractivity contribution in [3.63, 3.8) is 0 Å². The van der Waals surface area contributed by atoms with Gasteiger partial charge in [0.25, 0.3) is 0 Å². The molecule has 1 aliphatic heterocycles. The van der Waals surface area contributed by atoms with Crippen LogP contribution in [0.15, 0.2) is 29.3 Å². The number of nitrogens with zero attached hydrogens (tertiary/aromatic N) is 2. The molecule has 2 N–H and O–H groups in total. The van der Waals surface area contributed by atoms with Crippen molar-refractivity contribution in [1.29, 1.82) is 0 Å². The molecule has 0 radical (unpaired) electrons. The summed E-state index contributed by atoms with van der Waals surface area (Å²) in [5.74, 6) is 1.73. The van der Waals surface area contributed by atoms with Gasteiger partial charge < -0.3 is 15.4 Å². The first-order valence-corrected chi connectivity index (χ1v) is 7.55. The molecule has 1 unspecified atom stereocenters. The van der Waals surface area contributed by atoms with Gasteiger partial charge in [0.05, 0.1) is 13.2 Å². The topological polar surface area (TPSA) is 48.9 Å². The Balaban J connectivity index is 0.00000242. The SMILES string of the molecule is CN=C(NC)NCC(c1cccc(OC)c1)N1CCCC1.I. The van der Waals surface area contributed by atoms with Gasteiger partial charge in [0.2, 0.25) is 0 Å². The highest BCUT2D eigenvalue weighted by atomic mass is 127. The fourth-order valence-electron chi connectivity index (χ4n) is 2.83. The van der Waals surface area contributed by atoms with Crippen LogP contribution in [0, 0.1) is 0 Å². The summed E-state index contributed by atoms with van der Waals surface area (Å²) in [6.45, 7) is 3.14. The van der Waals surface area contributed by atoms with Crippen LogP contribution >= 0.6 is 24.0 Å². The molecule has 0 saturated carbocycles. The molecule has 2 rings (SSSR count). The summed E-state index contributed by atoms with van der Waals surface area (Å²) in [6.07, 6.45) is 2.56. The first-order valence-electron chi connectivity index (χ1n) is 7.55. The third kappa shape index (κ3) is 5.01. The Bertz CT molecular complexity index is 475. The number of hydrogen-bond acceptors (Lipinski definition) is 3. The maximum Gasteiger partial charge on any atom is 0.190 e. The third-order valence-electron chi connectivity index (χ3n) is 3.98. The Morgan fingerprint density at radius 3 is 2.68 bits per heavy atom. The molecule has 0 spiro atoms. The molecule has 1 aliphatic rings. The van der Waals surface area contributed by atoms with Gasteiger partial charge in [-0.05, 0) is 43.6 Å². The van der Waals surface area contributed by atoms with Crippen molar-refractivity contribution in [3.8, 4) is 5.75 Å². The molecule has 5 nitrogen and oxygen atoms in total. The van der Waals surface area contributed by atoms with Crippen LogP contribution in [-0.4, -0.2) is 51.7 Å². The molecule has 1 heterocycles. The Morgan fingerprint density at radius 2 is 2.09 bits per heavy atom. The van der Waals surface area contributed by atoms with Gasteiger partial charge in [-0.15, -0.1) is 24.0 Å². The first kappa shape index (κ1) is 19.0. The summed E-state index contributed by atoms with van der Waals surface area (Å²) in [4.78, 5) is 6.72. The molecular weight excluding hydrogens is 391 g/mol. The van der Waals surface area contributed by atoms with Gasteiger partial charge in [-0.3, -0.25) is 9.89 Å². The molecule has 0 bridgehead atoms. The van der Waals surface area contributed by atoms with Gasteiger partial charge in [0.1, 0.15) is 5.75 Å². The number of rotatable bonds is 5. The van der Waals surface area contributed by atoms with Crippen LogP contribution in [0.25, 0.3) is 0 Å². The lowest BCUT2D eigenvalue weighted by Crippen LogP contribution is -2.41. The fraction of sp³-hybridized carbons (Fsp3) is 0.562. The molecule has 0 aromatic heterocycles. The van der Waals surface area contributed by atoms with Crippen LogP contribution in [0.2, 0.25) is 0 Å². The molecule has 1 fully saturated rings. The fourth-order valence-corrected chi connectivity index (χ4v) is 2.83. The first-order chi connectivity index (χ1) is 10.3. The molecular formula is C16H27IN4O. The smallest absolute Gasteiger partial charge is 0.190 e. The molecule has 1 saturated heterocycles. The lowest BCUT2D eigenvalue weighted by atomic mass is 10.1. The number of methoxy groups -OCH3 is 1. The molecule has 0 aliphatic carbocycles. The second kappa shape index (κ2) is 9.89. The van der Waals surface area contributed by atoms with Gasteiger partial charge >= 0.3 is 0 Å². The zero-order chi connectivity index (χ0) is 15.1. The number of aliphatic imine (C=N–C) groups is 1. The Morgan fingerprint density at radius 1 is 1.36 bits per heavy atom. The molecule has 1 aromatic carbocycles. The largest absolute Gasteiger partial charge is 0.497 e. The highest BCUT2D eigenvalue weighted by Crippen LogP contribution is 2.27. The predicted octanol–water partition coefficient (Wildman–Crippen LogP) is 2.24. The highest BCUT2D eigenvalue weighted by molar-refractivity contribution is 14.0. The van der Waals surface area contributed by atoms with E-state index in [9.17, 15) is 0 Å². The van der Waals surface area contributed by atoms with Crippen LogP contribution in [-0.2, 0) is 0 Å². The van der Waals surface area contributed by atoms with E-state index in [2.05, 4.69) is 38.7 Å². The molecule has 22 heavy (non-hydrogen) atoms. The second-order valence-electron chi connectivity index (χ2n) is 5.24. The number of likely N-dealkylation sites (tertiary alicyclic amines) is 1. The number of benzene rings is 1. The molecule has 1 aromatic rings. The number of hydrogen-bond donors (Lipinski definition) is 2. The van der Waals surface area contributed by atoms with Crippen molar-refractivity contribution in [3.05, 3.63) is 29.8 Å². The van der Waals surface area contributed by atoms with Crippen molar-refractivity contribution in [1.82, 2.24) is 15.5 Å². The quantitative estimate of drug-likeness (QED) is 0.438. The van der Waals surface area contributed by atoms with E-state index in [-0.39, 0.29) is 24.0 Å². The normalized spacial score (nSPS) is 16.8. The lowest BCUT2D eigenvalue weighted by molar-refractivity contribution is 0.245. The van der Waals surface area contributed by atoms with Crippen molar-refractivity contribution in [2.24, 2.45) is 4.99 Å². The zero-order valence-electron chi connectivity index (χ0n) is 13.6.